The standard InChI is InChI=1S/C11H23NO/c1-3-7-11(13,10-5-6-10)9(4-2)8-12/h9-10,13H,3-8,12H2,1-2H3. The van der Waals surface area contributed by atoms with Crippen LogP contribution in [-0.4, -0.2) is 17.3 Å². The van der Waals surface area contributed by atoms with E-state index in [1.807, 2.05) is 0 Å². The van der Waals surface area contributed by atoms with Gasteiger partial charge in [0.1, 0.15) is 0 Å². The van der Waals surface area contributed by atoms with E-state index >= 15 is 0 Å². The topological polar surface area (TPSA) is 46.2 Å². The van der Waals surface area contributed by atoms with Crippen molar-refractivity contribution in [2.45, 2.75) is 51.6 Å². The molecule has 0 saturated heterocycles. The second-order valence-corrected chi connectivity index (χ2v) is 4.36. The minimum atomic E-state index is -0.446. The van der Waals surface area contributed by atoms with Gasteiger partial charge in [0.15, 0.2) is 0 Å². The first-order valence-corrected chi connectivity index (χ1v) is 5.61. The molecule has 0 amide bonds. The second-order valence-electron chi connectivity index (χ2n) is 4.36. The molecule has 3 N–H and O–H groups in total. The van der Waals surface area contributed by atoms with Gasteiger partial charge in [0.2, 0.25) is 0 Å². The summed E-state index contributed by atoms with van der Waals surface area (Å²) in [7, 11) is 0. The molecule has 2 atom stereocenters. The quantitative estimate of drug-likeness (QED) is 0.664. The number of rotatable bonds is 6. The van der Waals surface area contributed by atoms with Gasteiger partial charge >= 0.3 is 0 Å². The van der Waals surface area contributed by atoms with Crippen LogP contribution >= 0.6 is 0 Å². The van der Waals surface area contributed by atoms with Gasteiger partial charge in [-0.15, -0.1) is 0 Å². The Balaban J connectivity index is 2.62. The molecule has 1 aliphatic rings. The summed E-state index contributed by atoms with van der Waals surface area (Å²) in [5, 5.41) is 10.5. The number of nitrogens with two attached hydrogens (primary N) is 1. The lowest BCUT2D eigenvalue weighted by Gasteiger charge is -2.35. The summed E-state index contributed by atoms with van der Waals surface area (Å²) in [6.07, 6.45) is 5.39. The van der Waals surface area contributed by atoms with Crippen LogP contribution in [0.5, 0.6) is 0 Å². The summed E-state index contributed by atoms with van der Waals surface area (Å²) in [6, 6.07) is 0. The van der Waals surface area contributed by atoms with Gasteiger partial charge in [0.25, 0.3) is 0 Å². The van der Waals surface area contributed by atoms with Gasteiger partial charge in [-0.1, -0.05) is 20.3 Å². The smallest absolute Gasteiger partial charge is 0.0715 e. The lowest BCUT2D eigenvalue weighted by atomic mass is 9.78. The van der Waals surface area contributed by atoms with Gasteiger partial charge in [0, 0.05) is 0 Å². The van der Waals surface area contributed by atoms with Crippen LogP contribution in [0.4, 0.5) is 0 Å². The molecule has 1 saturated carbocycles. The first kappa shape index (κ1) is 11.0. The Hall–Kier alpha value is -0.0800. The molecule has 0 spiro atoms. The molecule has 1 aliphatic carbocycles. The number of hydrogen-bond donors (Lipinski definition) is 2. The fourth-order valence-corrected chi connectivity index (χ4v) is 2.45. The minimum Gasteiger partial charge on any atom is -0.389 e. The first-order valence-electron chi connectivity index (χ1n) is 5.61. The molecule has 78 valence electrons. The Morgan fingerprint density at radius 1 is 1.46 bits per heavy atom. The zero-order chi connectivity index (χ0) is 9.90. The molecular formula is C11H23NO. The highest BCUT2D eigenvalue weighted by Crippen LogP contribution is 2.46. The highest BCUT2D eigenvalue weighted by Gasteiger charge is 2.46. The summed E-state index contributed by atoms with van der Waals surface area (Å²) >= 11 is 0. The summed E-state index contributed by atoms with van der Waals surface area (Å²) in [5.74, 6) is 0.848. The third-order valence-electron chi connectivity index (χ3n) is 3.42. The first-order chi connectivity index (χ1) is 6.19. The summed E-state index contributed by atoms with van der Waals surface area (Å²) < 4.78 is 0. The summed E-state index contributed by atoms with van der Waals surface area (Å²) in [6.45, 7) is 4.89. The largest absolute Gasteiger partial charge is 0.389 e. The van der Waals surface area contributed by atoms with Crippen molar-refractivity contribution in [3.05, 3.63) is 0 Å². The monoisotopic (exact) mass is 185 g/mol. The van der Waals surface area contributed by atoms with Gasteiger partial charge in [0.05, 0.1) is 5.60 Å². The van der Waals surface area contributed by atoms with Crippen LogP contribution in [0, 0.1) is 11.8 Å². The van der Waals surface area contributed by atoms with E-state index in [0.29, 0.717) is 18.4 Å². The molecule has 2 unspecified atom stereocenters. The van der Waals surface area contributed by atoms with Crippen molar-refractivity contribution in [2.24, 2.45) is 17.6 Å². The Labute approximate surface area is 81.5 Å². The molecule has 0 aromatic carbocycles. The van der Waals surface area contributed by atoms with Crippen LogP contribution in [0.15, 0.2) is 0 Å². The fraction of sp³-hybridized carbons (Fsp3) is 1.00. The van der Waals surface area contributed by atoms with Crippen molar-refractivity contribution in [1.29, 1.82) is 0 Å². The van der Waals surface area contributed by atoms with E-state index in [2.05, 4.69) is 13.8 Å². The van der Waals surface area contributed by atoms with Gasteiger partial charge in [-0.05, 0) is 44.1 Å². The molecule has 0 aliphatic heterocycles. The fourth-order valence-electron chi connectivity index (χ4n) is 2.45. The zero-order valence-corrected chi connectivity index (χ0v) is 8.92. The molecule has 1 rings (SSSR count). The molecule has 0 radical (unpaired) electrons. The Bertz CT molecular complexity index is 152. The van der Waals surface area contributed by atoms with Crippen LogP contribution in [0.2, 0.25) is 0 Å². The minimum absolute atomic E-state index is 0.306. The van der Waals surface area contributed by atoms with Crippen LogP contribution in [0.1, 0.15) is 46.0 Å². The maximum atomic E-state index is 10.5. The lowest BCUT2D eigenvalue weighted by molar-refractivity contribution is -0.0454. The number of aliphatic hydroxyl groups is 1. The SMILES string of the molecule is CCCC(O)(C(CC)CN)C1CC1. The Morgan fingerprint density at radius 3 is 2.38 bits per heavy atom. The van der Waals surface area contributed by atoms with E-state index in [0.717, 1.165) is 19.3 Å². The zero-order valence-electron chi connectivity index (χ0n) is 8.92. The highest BCUT2D eigenvalue weighted by atomic mass is 16.3. The van der Waals surface area contributed by atoms with E-state index < -0.39 is 5.60 Å². The molecule has 0 aromatic rings. The Kier molecular flexibility index (Phi) is 3.74. The van der Waals surface area contributed by atoms with Crippen molar-refractivity contribution in [3.8, 4) is 0 Å². The van der Waals surface area contributed by atoms with E-state index in [1.165, 1.54) is 12.8 Å². The van der Waals surface area contributed by atoms with E-state index in [4.69, 9.17) is 5.73 Å². The van der Waals surface area contributed by atoms with Crippen molar-refractivity contribution in [1.82, 2.24) is 0 Å². The maximum absolute atomic E-state index is 10.5. The normalized spacial score (nSPS) is 24.0. The molecule has 2 heteroatoms. The lowest BCUT2D eigenvalue weighted by Crippen LogP contribution is -2.43. The summed E-state index contributed by atoms with van der Waals surface area (Å²) in [4.78, 5) is 0. The molecule has 0 bridgehead atoms. The van der Waals surface area contributed by atoms with Crippen LogP contribution < -0.4 is 5.73 Å². The molecular weight excluding hydrogens is 162 g/mol. The van der Waals surface area contributed by atoms with Gasteiger partial charge in [-0.2, -0.15) is 0 Å². The average Bonchev–Trinajstić information content (AvgIpc) is 2.89. The van der Waals surface area contributed by atoms with E-state index in [9.17, 15) is 5.11 Å². The van der Waals surface area contributed by atoms with Crippen LogP contribution in [0.25, 0.3) is 0 Å². The second kappa shape index (κ2) is 4.43. The molecule has 13 heavy (non-hydrogen) atoms. The van der Waals surface area contributed by atoms with E-state index in [1.54, 1.807) is 0 Å². The molecule has 0 heterocycles. The predicted octanol–water partition coefficient (Wildman–Crippen LogP) is 1.91. The summed E-state index contributed by atoms with van der Waals surface area (Å²) in [5.41, 5.74) is 5.26. The molecule has 0 aromatic heterocycles. The van der Waals surface area contributed by atoms with Gasteiger partial charge in [-0.25, -0.2) is 0 Å². The van der Waals surface area contributed by atoms with Crippen molar-refractivity contribution in [2.75, 3.05) is 6.54 Å². The van der Waals surface area contributed by atoms with Crippen molar-refractivity contribution >= 4 is 0 Å². The predicted molar refractivity (Wildman–Crippen MR) is 55.4 cm³/mol. The van der Waals surface area contributed by atoms with Crippen LogP contribution in [-0.2, 0) is 0 Å². The highest BCUT2D eigenvalue weighted by molar-refractivity contribution is 4.98. The average molecular weight is 185 g/mol. The number of hydrogen-bond acceptors (Lipinski definition) is 2. The maximum Gasteiger partial charge on any atom is 0.0715 e. The van der Waals surface area contributed by atoms with Gasteiger partial charge in [-0.3, -0.25) is 0 Å². The van der Waals surface area contributed by atoms with Gasteiger partial charge < -0.3 is 10.8 Å². The van der Waals surface area contributed by atoms with Crippen molar-refractivity contribution < 1.29 is 5.11 Å². The third kappa shape index (κ3) is 2.23. The molecule has 1 fully saturated rings. The van der Waals surface area contributed by atoms with Crippen molar-refractivity contribution in [3.63, 3.8) is 0 Å². The van der Waals surface area contributed by atoms with Crippen LogP contribution in [0.3, 0.4) is 0 Å². The third-order valence-corrected chi connectivity index (χ3v) is 3.42. The molecule has 2 nitrogen and oxygen atoms in total. The van der Waals surface area contributed by atoms with E-state index in [-0.39, 0.29) is 0 Å². The Morgan fingerprint density at radius 2 is 2.08 bits per heavy atom.